The van der Waals surface area contributed by atoms with E-state index in [2.05, 4.69) is 58.1 Å². The van der Waals surface area contributed by atoms with Gasteiger partial charge in [-0.1, -0.05) is 50.0 Å². The number of aliphatic carboxylic acids is 1. The molecule has 1 fully saturated rings. The van der Waals surface area contributed by atoms with Crippen LogP contribution in [0.4, 0.5) is 0 Å². The third-order valence-electron chi connectivity index (χ3n) is 6.63. The van der Waals surface area contributed by atoms with Crippen molar-refractivity contribution in [2.45, 2.75) is 52.1 Å². The van der Waals surface area contributed by atoms with E-state index in [-0.39, 0.29) is 0 Å². The summed E-state index contributed by atoms with van der Waals surface area (Å²) < 4.78 is 0.826. The molecule has 2 N–H and O–H groups in total. The first-order chi connectivity index (χ1) is 16.9. The first kappa shape index (κ1) is 27.3. The number of carboxylic acid groups (broad SMARTS) is 1. The molecular formula is C29H35IN2O3. The summed E-state index contributed by atoms with van der Waals surface area (Å²) in [6, 6.07) is 12.4. The van der Waals surface area contributed by atoms with Crippen LogP contribution >= 0.6 is 22.6 Å². The van der Waals surface area contributed by atoms with Crippen LogP contribution < -0.4 is 0 Å². The Labute approximate surface area is 223 Å². The van der Waals surface area contributed by atoms with Gasteiger partial charge in [0.05, 0.1) is 3.57 Å². The molecule has 0 atom stereocenters. The van der Waals surface area contributed by atoms with Crippen molar-refractivity contribution in [3.63, 3.8) is 0 Å². The number of aromatic hydroxyl groups is 1. The predicted octanol–water partition coefficient (Wildman–Crippen LogP) is 5.39. The normalized spacial score (nSPS) is 14.9. The molecule has 186 valence electrons. The van der Waals surface area contributed by atoms with Crippen LogP contribution in [0.1, 0.15) is 55.4 Å². The van der Waals surface area contributed by atoms with Crippen LogP contribution in [0.2, 0.25) is 0 Å². The number of carbonyl (C=O) groups is 1. The van der Waals surface area contributed by atoms with E-state index in [1.807, 2.05) is 36.4 Å². The number of phenolic OH excluding ortho intramolecular Hbond substituents is 1. The van der Waals surface area contributed by atoms with E-state index in [0.717, 1.165) is 71.0 Å². The highest BCUT2D eigenvalue weighted by molar-refractivity contribution is 14.1. The highest BCUT2D eigenvalue weighted by Gasteiger charge is 2.23. The van der Waals surface area contributed by atoms with E-state index in [1.54, 1.807) is 6.08 Å². The number of benzene rings is 2. The third kappa shape index (κ3) is 8.09. The monoisotopic (exact) mass is 586 g/mol. The molecule has 0 aliphatic carbocycles. The van der Waals surface area contributed by atoms with E-state index < -0.39 is 5.97 Å². The first-order valence-electron chi connectivity index (χ1n) is 12.4. The molecule has 0 unspecified atom stereocenters. The number of likely N-dealkylation sites (tertiary alicyclic amines) is 1. The summed E-state index contributed by atoms with van der Waals surface area (Å²) in [5, 5.41) is 19.6. The zero-order valence-electron chi connectivity index (χ0n) is 20.6. The number of hydrogen-bond acceptors (Lipinski definition) is 4. The van der Waals surface area contributed by atoms with E-state index in [4.69, 9.17) is 5.11 Å². The number of piperidine rings is 1. The van der Waals surface area contributed by atoms with Gasteiger partial charge in [0.15, 0.2) is 0 Å². The molecule has 1 aliphatic rings. The third-order valence-corrected chi connectivity index (χ3v) is 7.46. The van der Waals surface area contributed by atoms with Crippen molar-refractivity contribution in [1.29, 1.82) is 0 Å². The van der Waals surface area contributed by atoms with E-state index in [0.29, 0.717) is 18.2 Å². The number of carboxylic acids is 1. The van der Waals surface area contributed by atoms with Crippen LogP contribution in [0.3, 0.4) is 0 Å². The maximum absolute atomic E-state index is 10.8. The number of aryl methyl sites for hydroxylation is 1. The maximum atomic E-state index is 10.8. The van der Waals surface area contributed by atoms with Gasteiger partial charge in [-0.15, -0.1) is 0 Å². The van der Waals surface area contributed by atoms with Crippen molar-refractivity contribution in [2.75, 3.05) is 26.2 Å². The highest BCUT2D eigenvalue weighted by atomic mass is 127. The molecule has 0 amide bonds. The lowest BCUT2D eigenvalue weighted by Crippen LogP contribution is -2.44. The van der Waals surface area contributed by atoms with Gasteiger partial charge in [0.1, 0.15) is 5.75 Å². The molecule has 2 aromatic rings. The van der Waals surface area contributed by atoms with Crippen LogP contribution in [-0.2, 0) is 17.8 Å². The number of nitrogens with zero attached hydrogens (tertiary/aromatic N) is 2. The average molecular weight is 587 g/mol. The molecule has 0 spiro atoms. The highest BCUT2D eigenvalue weighted by Crippen LogP contribution is 2.28. The van der Waals surface area contributed by atoms with Gasteiger partial charge in [0.2, 0.25) is 0 Å². The number of rotatable bonds is 9. The molecular weight excluding hydrogens is 551 g/mol. The quantitative estimate of drug-likeness (QED) is 0.235. The second-order valence-corrected chi connectivity index (χ2v) is 10.0. The Morgan fingerprint density at radius 2 is 1.89 bits per heavy atom. The number of phenols is 1. The molecule has 0 radical (unpaired) electrons. The molecule has 6 heteroatoms. The van der Waals surface area contributed by atoms with Gasteiger partial charge >= 0.3 is 5.97 Å². The summed E-state index contributed by atoms with van der Waals surface area (Å²) in [7, 11) is 0. The Morgan fingerprint density at radius 3 is 2.57 bits per heavy atom. The van der Waals surface area contributed by atoms with Crippen LogP contribution in [0.15, 0.2) is 42.5 Å². The van der Waals surface area contributed by atoms with Crippen molar-refractivity contribution >= 4 is 34.6 Å². The summed E-state index contributed by atoms with van der Waals surface area (Å²) in [6.45, 7) is 9.50. The minimum Gasteiger partial charge on any atom is -0.507 e. The minimum atomic E-state index is -0.953. The molecule has 0 saturated carbocycles. The van der Waals surface area contributed by atoms with E-state index in [9.17, 15) is 9.90 Å². The lowest BCUT2D eigenvalue weighted by atomic mass is 10.0. The van der Waals surface area contributed by atoms with Gasteiger partial charge < -0.3 is 15.1 Å². The average Bonchev–Trinajstić information content (AvgIpc) is 2.85. The summed E-state index contributed by atoms with van der Waals surface area (Å²) >= 11 is 2.18. The molecule has 3 rings (SSSR count). The zero-order valence-corrected chi connectivity index (χ0v) is 22.8. The standard InChI is InChI=1S/C29H35IN2O3/c1-3-32(4-2)26-15-17-31(18-16-26)21-25-19-22(20-27(30)29(25)35)9-5-6-10-23-11-7-8-12-24(23)13-14-28(33)34/h7-8,11-14,19-20,26,35H,3-4,6,10,15-18,21H2,1-2H3,(H,33,34). The fourth-order valence-electron chi connectivity index (χ4n) is 4.72. The molecule has 2 aromatic carbocycles. The SMILES string of the molecule is CCN(CC)C1CCN(Cc2cc(C#CCCc3ccccc3C=CC(=O)O)cc(I)c2O)CC1. The summed E-state index contributed by atoms with van der Waals surface area (Å²) in [5.74, 6) is 5.93. The zero-order chi connectivity index (χ0) is 25.2. The van der Waals surface area contributed by atoms with Gasteiger partial charge in [0.25, 0.3) is 0 Å². The van der Waals surface area contributed by atoms with Crippen LogP contribution in [0.25, 0.3) is 6.08 Å². The van der Waals surface area contributed by atoms with Crippen LogP contribution in [0, 0.1) is 15.4 Å². The molecule has 0 bridgehead atoms. The lowest BCUT2D eigenvalue weighted by Gasteiger charge is -2.37. The minimum absolute atomic E-state index is 0.362. The second kappa shape index (κ2) is 13.7. The smallest absolute Gasteiger partial charge is 0.328 e. The fraction of sp³-hybridized carbons (Fsp3) is 0.414. The largest absolute Gasteiger partial charge is 0.507 e. The Balaban J connectivity index is 1.62. The van der Waals surface area contributed by atoms with Crippen molar-refractivity contribution < 1.29 is 15.0 Å². The van der Waals surface area contributed by atoms with E-state index in [1.165, 1.54) is 12.8 Å². The Bertz CT molecular complexity index is 1090. The Morgan fingerprint density at radius 1 is 1.17 bits per heavy atom. The first-order valence-corrected chi connectivity index (χ1v) is 13.4. The predicted molar refractivity (Wildman–Crippen MR) is 150 cm³/mol. The van der Waals surface area contributed by atoms with Gasteiger partial charge in [0, 0.05) is 36.2 Å². The summed E-state index contributed by atoms with van der Waals surface area (Å²) in [5.41, 5.74) is 3.84. The molecule has 1 aliphatic heterocycles. The molecule has 1 saturated heterocycles. The summed E-state index contributed by atoms with van der Waals surface area (Å²) in [4.78, 5) is 15.8. The number of halogens is 1. The second-order valence-electron chi connectivity index (χ2n) is 8.87. The molecule has 0 aromatic heterocycles. The van der Waals surface area contributed by atoms with Crippen molar-refractivity contribution in [2.24, 2.45) is 0 Å². The fourth-order valence-corrected chi connectivity index (χ4v) is 5.40. The number of hydrogen-bond donors (Lipinski definition) is 2. The molecule has 1 heterocycles. The van der Waals surface area contributed by atoms with Gasteiger partial charge in [-0.05, 0) is 97.4 Å². The Kier molecular flexibility index (Phi) is 10.6. The van der Waals surface area contributed by atoms with Crippen LogP contribution in [0.5, 0.6) is 5.75 Å². The maximum Gasteiger partial charge on any atom is 0.328 e. The van der Waals surface area contributed by atoms with Crippen molar-refractivity contribution in [1.82, 2.24) is 9.80 Å². The van der Waals surface area contributed by atoms with Crippen LogP contribution in [-0.4, -0.2) is 58.2 Å². The Hall–Kier alpha value is -2.34. The lowest BCUT2D eigenvalue weighted by molar-refractivity contribution is -0.131. The topological polar surface area (TPSA) is 64.0 Å². The van der Waals surface area contributed by atoms with Gasteiger partial charge in [-0.2, -0.15) is 0 Å². The van der Waals surface area contributed by atoms with Gasteiger partial charge in [-0.25, -0.2) is 4.79 Å². The summed E-state index contributed by atoms with van der Waals surface area (Å²) in [6.07, 6.45) is 6.55. The van der Waals surface area contributed by atoms with Crippen molar-refractivity contribution in [3.8, 4) is 17.6 Å². The van der Waals surface area contributed by atoms with Gasteiger partial charge in [-0.3, -0.25) is 4.90 Å². The van der Waals surface area contributed by atoms with Crippen molar-refractivity contribution in [3.05, 3.63) is 68.3 Å². The van der Waals surface area contributed by atoms with E-state index >= 15 is 0 Å². The molecule has 35 heavy (non-hydrogen) atoms. The molecule has 5 nitrogen and oxygen atoms in total.